The van der Waals surface area contributed by atoms with Gasteiger partial charge in [0.1, 0.15) is 37.7 Å². The Balaban J connectivity index is 1.52. The number of esters is 2. The zero-order valence-electron chi connectivity index (χ0n) is 31.0. The van der Waals surface area contributed by atoms with Gasteiger partial charge in [0.15, 0.2) is 23.0 Å². The first-order valence-electron chi connectivity index (χ1n) is 17.7. The number of thioether (sulfide) groups is 1. The molecular weight excluding hydrogens is 831 g/mol. The Hall–Kier alpha value is -4.47. The number of methoxy groups -OCH3 is 1. The molecule has 2 aromatic carbocycles. The molecule has 8 rings (SSSR count). The molecule has 57 heavy (non-hydrogen) atoms. The number of rotatable bonds is 6. The number of nitriles is 1. The second-order valence-electron chi connectivity index (χ2n) is 13.9. The Bertz CT molecular complexity index is 2090. The first kappa shape index (κ1) is 40.7. The second kappa shape index (κ2) is 15.7. The zero-order chi connectivity index (χ0) is 41.1. The Kier molecular flexibility index (Phi) is 11.2. The number of nitrogens with zero attached hydrogens (tertiary/aromatic N) is 3. The van der Waals surface area contributed by atoms with Gasteiger partial charge in [0, 0.05) is 34.9 Å². The van der Waals surface area contributed by atoms with Gasteiger partial charge in [-0.1, -0.05) is 53.5 Å². The molecule has 2 amide bonds. The van der Waals surface area contributed by atoms with E-state index in [1.165, 1.54) is 25.0 Å². The molecule has 6 aliphatic heterocycles. The van der Waals surface area contributed by atoms with Gasteiger partial charge in [-0.05, 0) is 31.4 Å². The maximum Gasteiger partial charge on any atom is 0.410 e. The number of phenols is 1. The largest absolute Gasteiger partial charge is 0.504 e. The molecule has 0 spiro atoms. The van der Waals surface area contributed by atoms with Gasteiger partial charge in [0.25, 0.3) is 0 Å². The van der Waals surface area contributed by atoms with E-state index in [1.807, 2.05) is 11.0 Å². The number of nitrogens with one attached hydrogen (secondary N) is 1. The molecular formula is C37H37Cl3N4O12S. The van der Waals surface area contributed by atoms with Crippen LogP contribution in [0.3, 0.4) is 0 Å². The van der Waals surface area contributed by atoms with Crippen LogP contribution in [-0.2, 0) is 30.2 Å². The van der Waals surface area contributed by atoms with Crippen molar-refractivity contribution in [2.75, 3.05) is 39.5 Å². The molecule has 2 N–H and O–H groups in total. The van der Waals surface area contributed by atoms with Crippen LogP contribution in [0.15, 0.2) is 18.7 Å². The molecule has 2 aromatic rings. The number of carbonyl (C=O) groups excluding carboxylic acids is 4. The Morgan fingerprint density at radius 2 is 1.88 bits per heavy atom. The van der Waals surface area contributed by atoms with E-state index < -0.39 is 82.6 Å². The summed E-state index contributed by atoms with van der Waals surface area (Å²) in [7, 11) is 1.40. The van der Waals surface area contributed by atoms with Gasteiger partial charge in [0.2, 0.25) is 10.6 Å². The van der Waals surface area contributed by atoms with Crippen LogP contribution < -0.4 is 24.3 Å². The lowest BCUT2D eigenvalue weighted by Gasteiger charge is -2.61. The van der Waals surface area contributed by atoms with Crippen LogP contribution in [-0.4, -0.2) is 106 Å². The number of halogens is 3. The number of amides is 2. The van der Waals surface area contributed by atoms with E-state index in [0.29, 0.717) is 44.9 Å². The van der Waals surface area contributed by atoms with Crippen LogP contribution >= 0.6 is 46.6 Å². The smallest absolute Gasteiger partial charge is 0.410 e. The molecule has 6 heterocycles. The van der Waals surface area contributed by atoms with Gasteiger partial charge < -0.3 is 43.6 Å². The van der Waals surface area contributed by atoms with Crippen molar-refractivity contribution in [1.82, 2.24) is 15.1 Å². The minimum Gasteiger partial charge on any atom is -0.504 e. The number of hydrogen-bond acceptors (Lipinski definition) is 15. The molecule has 16 nitrogen and oxygen atoms in total. The molecule has 2 saturated heterocycles. The van der Waals surface area contributed by atoms with Crippen molar-refractivity contribution >= 4 is 70.7 Å². The number of fused-ring (bicyclic) bond motifs is 10. The third-order valence-corrected chi connectivity index (χ3v) is 12.3. The third-order valence-electron chi connectivity index (χ3n) is 10.5. The minimum absolute atomic E-state index is 0.0782. The molecule has 4 bridgehead atoms. The maximum atomic E-state index is 14.4. The average molecular weight is 868 g/mol. The molecule has 2 fully saturated rings. The number of alkyl halides is 3. The van der Waals surface area contributed by atoms with Gasteiger partial charge in [-0.15, -0.1) is 11.8 Å². The normalized spacial score (nSPS) is 25.8. The van der Waals surface area contributed by atoms with Gasteiger partial charge in [0.05, 0.1) is 42.6 Å². The SMILES string of the molecule is C=CCOC(=O)N[C@H]1CSC2c3c(OC(C)=O)c(C)c4c(c3[C@H](COC1=O)N1[C@@H](C#N)[C@@H]3Cc5cc(C)c(OC)c(O)c5[C@H]([C@H]21)N3C(=O)OCC(Cl)(Cl)Cl)OCO4. The number of piperazine rings is 1. The number of alkyl carbamates (subject to hydrolysis) is 1. The summed E-state index contributed by atoms with van der Waals surface area (Å²) in [6.45, 7) is 6.92. The van der Waals surface area contributed by atoms with Crippen molar-refractivity contribution in [3.05, 3.63) is 52.1 Å². The number of carbonyl (C=O) groups is 4. The van der Waals surface area contributed by atoms with Crippen LogP contribution in [0, 0.1) is 25.2 Å². The van der Waals surface area contributed by atoms with Crippen molar-refractivity contribution in [1.29, 1.82) is 5.26 Å². The maximum absolute atomic E-state index is 14.4. The van der Waals surface area contributed by atoms with E-state index in [2.05, 4.69) is 18.0 Å². The van der Waals surface area contributed by atoms with E-state index in [4.69, 9.17) is 68.0 Å². The number of hydrogen-bond donors (Lipinski definition) is 2. The lowest BCUT2D eigenvalue weighted by atomic mass is 9.71. The first-order valence-corrected chi connectivity index (χ1v) is 19.8. The van der Waals surface area contributed by atoms with E-state index in [-0.39, 0.29) is 42.8 Å². The Labute approximate surface area is 346 Å². The molecule has 0 radical (unpaired) electrons. The highest BCUT2D eigenvalue weighted by molar-refractivity contribution is 7.99. The van der Waals surface area contributed by atoms with Crippen molar-refractivity contribution in [2.24, 2.45) is 0 Å². The highest BCUT2D eigenvalue weighted by Gasteiger charge is 2.63. The van der Waals surface area contributed by atoms with Crippen LogP contribution in [0.5, 0.6) is 28.7 Å². The van der Waals surface area contributed by atoms with Crippen LogP contribution in [0.1, 0.15) is 57.6 Å². The van der Waals surface area contributed by atoms with Crippen molar-refractivity contribution in [3.63, 3.8) is 0 Å². The lowest BCUT2D eigenvalue weighted by Crippen LogP contribution is -2.71. The second-order valence-corrected chi connectivity index (χ2v) is 17.6. The summed E-state index contributed by atoms with van der Waals surface area (Å²) >= 11 is 19.2. The Morgan fingerprint density at radius 1 is 1.14 bits per heavy atom. The van der Waals surface area contributed by atoms with E-state index in [9.17, 15) is 29.5 Å². The minimum atomic E-state index is -1.98. The summed E-state index contributed by atoms with van der Waals surface area (Å²) in [6.07, 6.45) is -0.386. The third kappa shape index (κ3) is 7.09. The van der Waals surface area contributed by atoms with Crippen molar-refractivity contribution in [2.45, 2.75) is 72.5 Å². The number of ether oxygens (including phenoxy) is 7. The van der Waals surface area contributed by atoms with Gasteiger partial charge >= 0.3 is 24.1 Å². The monoisotopic (exact) mass is 866 g/mol. The molecule has 1 unspecified atom stereocenters. The van der Waals surface area contributed by atoms with Crippen molar-refractivity contribution < 1.29 is 57.4 Å². The quantitative estimate of drug-likeness (QED) is 0.123. The predicted octanol–water partition coefficient (Wildman–Crippen LogP) is 5.39. The summed E-state index contributed by atoms with van der Waals surface area (Å²) in [6, 6.07) is -2.16. The fraction of sp³-hybridized carbons (Fsp3) is 0.486. The summed E-state index contributed by atoms with van der Waals surface area (Å²) in [5.41, 5.74) is 2.87. The average Bonchev–Trinajstić information content (AvgIpc) is 3.65. The van der Waals surface area contributed by atoms with Crippen LogP contribution in [0.2, 0.25) is 0 Å². The molecule has 0 aromatic heterocycles. The topological polar surface area (TPSA) is 195 Å². The van der Waals surface area contributed by atoms with E-state index >= 15 is 0 Å². The Morgan fingerprint density at radius 3 is 2.54 bits per heavy atom. The summed E-state index contributed by atoms with van der Waals surface area (Å²) in [5, 5.41) is 24.9. The molecule has 6 aliphatic rings. The molecule has 0 aliphatic carbocycles. The number of aryl methyl sites for hydroxylation is 1. The zero-order valence-corrected chi connectivity index (χ0v) is 34.1. The van der Waals surface area contributed by atoms with Gasteiger partial charge in [-0.2, -0.15) is 5.26 Å². The number of phenolic OH excluding ortho intramolecular Hbond substituents is 1. The van der Waals surface area contributed by atoms with Crippen LogP contribution in [0.4, 0.5) is 9.59 Å². The van der Waals surface area contributed by atoms with Gasteiger partial charge in [-0.25, -0.2) is 14.4 Å². The predicted molar refractivity (Wildman–Crippen MR) is 204 cm³/mol. The standard InChI is InChI=1S/C37H37Cl3N4O12S/c1-6-7-51-35(48)42-19-12-57-33-25-24(32-31(54-14-55-32)16(3)30(25)56-17(4)45)22(11-52-34(19)47)43-21(10-41)20-9-18-8-15(2)29(50-5)28(46)23(18)26(27(33)43)44(20)36(49)53-13-37(38,39)40/h6,8,19-22,26-27,33,46H,1,7,9,11-14H2,2-5H3,(H,42,48)/t19-,20-,21-,22-,26+,27+,33?/m0/s1. The summed E-state index contributed by atoms with van der Waals surface area (Å²) < 4.78 is 38.3. The van der Waals surface area contributed by atoms with E-state index in [0.717, 1.165) is 11.8 Å². The molecule has 304 valence electrons. The fourth-order valence-corrected chi connectivity index (χ4v) is 10.3. The lowest BCUT2D eigenvalue weighted by molar-refractivity contribution is -0.151. The fourth-order valence-electron chi connectivity index (χ4n) is 8.60. The summed E-state index contributed by atoms with van der Waals surface area (Å²) in [4.78, 5) is 57.1. The molecule has 20 heteroatoms. The number of aromatic hydroxyl groups is 1. The molecule has 0 saturated carbocycles. The first-order chi connectivity index (χ1) is 27.1. The number of benzene rings is 2. The highest BCUT2D eigenvalue weighted by atomic mass is 35.6. The summed E-state index contributed by atoms with van der Waals surface area (Å²) in [5.74, 6) is -0.929. The van der Waals surface area contributed by atoms with Gasteiger partial charge in [-0.3, -0.25) is 14.6 Å². The van der Waals surface area contributed by atoms with Crippen molar-refractivity contribution in [3.8, 4) is 34.8 Å². The van der Waals surface area contributed by atoms with Crippen LogP contribution in [0.25, 0.3) is 0 Å². The molecule has 7 atom stereocenters. The highest BCUT2D eigenvalue weighted by Crippen LogP contribution is 2.64. The van der Waals surface area contributed by atoms with E-state index in [1.54, 1.807) is 13.8 Å².